The molecule has 0 aliphatic carbocycles. The molecule has 1 amide bonds. The molecule has 4 rings (SSSR count). The second-order valence-corrected chi connectivity index (χ2v) is 5.97. The van der Waals surface area contributed by atoms with Gasteiger partial charge in [0.05, 0.1) is 0 Å². The molecule has 28 heavy (non-hydrogen) atoms. The van der Waals surface area contributed by atoms with Crippen molar-refractivity contribution in [1.82, 2.24) is 15.1 Å². The molecule has 4 aromatic rings. The van der Waals surface area contributed by atoms with Crippen molar-refractivity contribution in [3.8, 4) is 34.5 Å². The molecule has 2 heterocycles. The van der Waals surface area contributed by atoms with Crippen molar-refractivity contribution in [2.24, 2.45) is 0 Å². The first-order valence-corrected chi connectivity index (χ1v) is 8.58. The zero-order valence-corrected chi connectivity index (χ0v) is 15.0. The first-order chi connectivity index (χ1) is 13.7. The lowest BCUT2D eigenvalue weighted by Crippen LogP contribution is -2.05. The van der Waals surface area contributed by atoms with Gasteiger partial charge in [-0.15, -0.1) is 0 Å². The molecule has 0 fully saturated rings. The van der Waals surface area contributed by atoms with E-state index < -0.39 is 0 Å². The Hall–Kier alpha value is -4.00. The summed E-state index contributed by atoms with van der Waals surface area (Å²) in [5.74, 6) is 2.07. The zero-order chi connectivity index (χ0) is 19.3. The number of pyridine rings is 1. The summed E-state index contributed by atoms with van der Waals surface area (Å²) < 4.78 is 11.1. The van der Waals surface area contributed by atoms with Gasteiger partial charge in [0.2, 0.25) is 11.7 Å². The van der Waals surface area contributed by atoms with Gasteiger partial charge in [-0.05, 0) is 60.7 Å². The van der Waals surface area contributed by atoms with Crippen molar-refractivity contribution < 1.29 is 14.1 Å². The third-order valence-electron chi connectivity index (χ3n) is 3.83. The van der Waals surface area contributed by atoms with Gasteiger partial charge >= 0.3 is 0 Å². The molecule has 138 valence electrons. The Bertz CT molecular complexity index is 1070. The fourth-order valence-corrected chi connectivity index (χ4v) is 2.55. The number of hydrogen-bond acceptors (Lipinski definition) is 6. The molecule has 7 nitrogen and oxygen atoms in total. The van der Waals surface area contributed by atoms with Gasteiger partial charge in [-0.2, -0.15) is 4.98 Å². The molecule has 0 aliphatic heterocycles. The third-order valence-corrected chi connectivity index (χ3v) is 3.83. The summed E-state index contributed by atoms with van der Waals surface area (Å²) in [5, 5.41) is 6.72. The average Bonchev–Trinajstić information content (AvgIpc) is 3.21. The Balaban J connectivity index is 1.45. The summed E-state index contributed by atoms with van der Waals surface area (Å²) in [6.07, 6.45) is 1.67. The van der Waals surface area contributed by atoms with Crippen LogP contribution < -0.4 is 10.1 Å². The van der Waals surface area contributed by atoms with Gasteiger partial charge in [-0.3, -0.25) is 9.78 Å². The summed E-state index contributed by atoms with van der Waals surface area (Å²) in [7, 11) is 0. The van der Waals surface area contributed by atoms with E-state index in [1.165, 1.54) is 6.92 Å². The number of benzene rings is 2. The largest absolute Gasteiger partial charge is 0.457 e. The van der Waals surface area contributed by atoms with Crippen LogP contribution in [-0.4, -0.2) is 21.0 Å². The minimum atomic E-state index is -0.114. The van der Waals surface area contributed by atoms with E-state index in [1.807, 2.05) is 42.5 Å². The van der Waals surface area contributed by atoms with Crippen molar-refractivity contribution in [3.63, 3.8) is 0 Å². The number of anilines is 1. The summed E-state index contributed by atoms with van der Waals surface area (Å²) in [6, 6.07) is 20.0. The van der Waals surface area contributed by atoms with Crippen LogP contribution in [0, 0.1) is 0 Å². The monoisotopic (exact) mass is 372 g/mol. The van der Waals surface area contributed by atoms with Crippen molar-refractivity contribution in [3.05, 3.63) is 72.9 Å². The van der Waals surface area contributed by atoms with E-state index in [1.54, 1.807) is 30.5 Å². The highest BCUT2D eigenvalue weighted by Gasteiger charge is 2.11. The highest BCUT2D eigenvalue weighted by Crippen LogP contribution is 2.26. The highest BCUT2D eigenvalue weighted by atomic mass is 16.5. The molecule has 0 spiro atoms. The molecular formula is C21H16N4O3. The second-order valence-electron chi connectivity index (χ2n) is 5.97. The normalized spacial score (nSPS) is 10.5. The number of nitrogens with zero attached hydrogens (tertiary/aromatic N) is 3. The highest BCUT2D eigenvalue weighted by molar-refractivity contribution is 5.88. The molecule has 0 saturated heterocycles. The molecule has 0 aliphatic rings. The summed E-state index contributed by atoms with van der Waals surface area (Å²) in [6.45, 7) is 1.47. The lowest BCUT2D eigenvalue weighted by Gasteiger charge is -2.07. The maximum atomic E-state index is 11.1. The second kappa shape index (κ2) is 7.71. The molecule has 0 radical (unpaired) electrons. The SMILES string of the molecule is CC(=O)Nc1ccc(Oc2ccc(-c3noc(-c4ccccn4)n3)cc2)cc1. The Morgan fingerprint density at radius 2 is 1.68 bits per heavy atom. The third kappa shape index (κ3) is 4.04. The Morgan fingerprint density at radius 1 is 0.964 bits per heavy atom. The maximum absolute atomic E-state index is 11.1. The molecule has 1 N–H and O–H groups in total. The number of rotatable bonds is 5. The summed E-state index contributed by atoms with van der Waals surface area (Å²) in [4.78, 5) is 19.6. The van der Waals surface area contributed by atoms with Crippen LogP contribution in [0.25, 0.3) is 23.0 Å². The predicted octanol–water partition coefficient (Wildman–Crippen LogP) is 4.55. The maximum Gasteiger partial charge on any atom is 0.276 e. The number of aromatic nitrogens is 3. The van der Waals surface area contributed by atoms with Crippen molar-refractivity contribution >= 4 is 11.6 Å². The smallest absolute Gasteiger partial charge is 0.276 e. The van der Waals surface area contributed by atoms with Gasteiger partial charge in [-0.25, -0.2) is 0 Å². The molecule has 0 bridgehead atoms. The minimum Gasteiger partial charge on any atom is -0.457 e. The van der Waals surface area contributed by atoms with Gasteiger partial charge in [0.1, 0.15) is 17.2 Å². The molecule has 0 saturated carbocycles. The first kappa shape index (κ1) is 17.4. The number of ether oxygens (including phenoxy) is 1. The van der Waals surface area contributed by atoms with Crippen LogP contribution in [0.4, 0.5) is 5.69 Å². The molecule has 0 atom stereocenters. The standard InChI is InChI=1S/C21H16N4O3/c1-14(26)23-16-7-11-18(12-8-16)27-17-9-5-15(6-10-17)20-24-21(28-25-20)19-4-2-3-13-22-19/h2-13H,1H3,(H,23,26). The van der Waals surface area contributed by atoms with Crippen LogP contribution in [0.15, 0.2) is 77.4 Å². The van der Waals surface area contributed by atoms with E-state index in [-0.39, 0.29) is 5.91 Å². The number of carbonyl (C=O) groups is 1. The van der Waals surface area contributed by atoms with Gasteiger partial charge in [0, 0.05) is 24.4 Å². The van der Waals surface area contributed by atoms with Crippen LogP contribution in [0.3, 0.4) is 0 Å². The summed E-state index contributed by atoms with van der Waals surface area (Å²) in [5.41, 5.74) is 2.15. The van der Waals surface area contributed by atoms with Gasteiger partial charge < -0.3 is 14.6 Å². The van der Waals surface area contributed by atoms with Crippen LogP contribution in [-0.2, 0) is 4.79 Å². The lowest BCUT2D eigenvalue weighted by atomic mass is 10.2. The van der Waals surface area contributed by atoms with Crippen molar-refractivity contribution in [2.45, 2.75) is 6.92 Å². The molecule has 7 heteroatoms. The molecule has 2 aromatic carbocycles. The average molecular weight is 372 g/mol. The number of nitrogens with one attached hydrogen (secondary N) is 1. The number of hydrogen-bond donors (Lipinski definition) is 1. The van der Waals surface area contributed by atoms with E-state index in [9.17, 15) is 4.79 Å². The number of amides is 1. The van der Waals surface area contributed by atoms with E-state index in [0.717, 1.165) is 11.3 Å². The lowest BCUT2D eigenvalue weighted by molar-refractivity contribution is -0.114. The van der Waals surface area contributed by atoms with E-state index >= 15 is 0 Å². The van der Waals surface area contributed by atoms with Crippen molar-refractivity contribution in [1.29, 1.82) is 0 Å². The predicted molar refractivity (Wildman–Crippen MR) is 104 cm³/mol. The van der Waals surface area contributed by atoms with Gasteiger partial charge in [-0.1, -0.05) is 11.2 Å². The van der Waals surface area contributed by atoms with E-state index in [2.05, 4.69) is 20.4 Å². The minimum absolute atomic E-state index is 0.114. The van der Waals surface area contributed by atoms with E-state index in [4.69, 9.17) is 9.26 Å². The van der Waals surface area contributed by atoms with Crippen molar-refractivity contribution in [2.75, 3.05) is 5.32 Å². The van der Waals surface area contributed by atoms with Crippen LogP contribution in [0.5, 0.6) is 11.5 Å². The first-order valence-electron chi connectivity index (χ1n) is 8.58. The Labute approximate surface area is 161 Å². The molecule has 2 aromatic heterocycles. The number of carbonyl (C=O) groups excluding carboxylic acids is 1. The van der Waals surface area contributed by atoms with Gasteiger partial charge in [0.15, 0.2) is 0 Å². The van der Waals surface area contributed by atoms with Crippen LogP contribution in [0.2, 0.25) is 0 Å². The fourth-order valence-electron chi connectivity index (χ4n) is 2.55. The topological polar surface area (TPSA) is 90.1 Å². The van der Waals surface area contributed by atoms with Crippen LogP contribution >= 0.6 is 0 Å². The fraction of sp³-hybridized carbons (Fsp3) is 0.0476. The molecular weight excluding hydrogens is 356 g/mol. The zero-order valence-electron chi connectivity index (χ0n) is 15.0. The van der Waals surface area contributed by atoms with Crippen LogP contribution in [0.1, 0.15) is 6.92 Å². The quantitative estimate of drug-likeness (QED) is 0.553. The van der Waals surface area contributed by atoms with Gasteiger partial charge in [0.25, 0.3) is 5.89 Å². The Morgan fingerprint density at radius 3 is 2.32 bits per heavy atom. The summed E-state index contributed by atoms with van der Waals surface area (Å²) >= 11 is 0. The molecule has 0 unspecified atom stereocenters. The Kier molecular flexibility index (Phi) is 4.79. The van der Waals surface area contributed by atoms with E-state index in [0.29, 0.717) is 28.9 Å².